The molecule has 1 fully saturated rings. The van der Waals surface area contributed by atoms with Gasteiger partial charge in [0.1, 0.15) is 0 Å². The number of nitrogens with one attached hydrogen (secondary N) is 2. The molecule has 0 saturated heterocycles. The molecule has 1 amide bonds. The minimum Gasteiger partial charge on any atom is -0.348 e. The molecule has 3 aromatic rings. The van der Waals surface area contributed by atoms with Crippen molar-refractivity contribution in [3.8, 4) is 0 Å². The number of pyridine rings is 1. The van der Waals surface area contributed by atoms with Crippen molar-refractivity contribution in [2.45, 2.75) is 52.1 Å². The Balaban J connectivity index is 1.62. The van der Waals surface area contributed by atoms with Crippen LogP contribution in [0, 0.1) is 6.92 Å². The Hall–Kier alpha value is -2.34. The second kappa shape index (κ2) is 7.59. The van der Waals surface area contributed by atoms with Crippen LogP contribution in [0.3, 0.4) is 0 Å². The first kappa shape index (κ1) is 19.0. The number of halogens is 1. The molecule has 1 saturated carbocycles. The number of aromatic amines is 1. The lowest BCUT2D eigenvalue weighted by Crippen LogP contribution is -2.28. The molecule has 2 heterocycles. The van der Waals surface area contributed by atoms with Crippen LogP contribution in [0.25, 0.3) is 10.9 Å². The maximum absolute atomic E-state index is 13.0. The number of amides is 1. The van der Waals surface area contributed by atoms with E-state index < -0.39 is 0 Å². The Morgan fingerprint density at radius 3 is 2.82 bits per heavy atom. The van der Waals surface area contributed by atoms with E-state index in [0.29, 0.717) is 17.2 Å². The minimum atomic E-state index is -0.165. The van der Waals surface area contributed by atoms with Crippen molar-refractivity contribution in [3.63, 3.8) is 0 Å². The van der Waals surface area contributed by atoms with E-state index in [1.807, 2.05) is 25.1 Å². The maximum atomic E-state index is 13.0. The molecule has 1 aliphatic rings. The van der Waals surface area contributed by atoms with E-state index in [1.165, 1.54) is 12.8 Å². The molecule has 0 spiro atoms. The number of carbonyl (C=O) groups is 1. The smallest absolute Gasteiger partial charge is 0.253 e. The van der Waals surface area contributed by atoms with Crippen molar-refractivity contribution in [2.24, 2.45) is 0 Å². The summed E-state index contributed by atoms with van der Waals surface area (Å²) in [6.45, 7) is 4.19. The van der Waals surface area contributed by atoms with Crippen LogP contribution in [0.1, 0.15) is 59.4 Å². The molecule has 5 nitrogen and oxygen atoms in total. The molecule has 0 atom stereocenters. The maximum Gasteiger partial charge on any atom is 0.253 e. The molecule has 4 rings (SSSR count). The van der Waals surface area contributed by atoms with Gasteiger partial charge in [-0.1, -0.05) is 29.3 Å². The van der Waals surface area contributed by atoms with Gasteiger partial charge in [-0.15, -0.1) is 0 Å². The Bertz CT molecular complexity index is 1110. The van der Waals surface area contributed by atoms with Crippen molar-refractivity contribution in [1.82, 2.24) is 14.9 Å². The Kier molecular flexibility index (Phi) is 5.15. The fourth-order valence-electron chi connectivity index (χ4n) is 3.82. The summed E-state index contributed by atoms with van der Waals surface area (Å²) in [5, 5.41) is 3.90. The third-order valence-electron chi connectivity index (χ3n) is 5.30. The van der Waals surface area contributed by atoms with Crippen LogP contribution < -0.4 is 10.9 Å². The van der Waals surface area contributed by atoms with Crippen molar-refractivity contribution in [3.05, 3.63) is 67.7 Å². The first-order chi connectivity index (χ1) is 13.5. The van der Waals surface area contributed by atoms with Gasteiger partial charge >= 0.3 is 0 Å². The summed E-state index contributed by atoms with van der Waals surface area (Å²) in [6, 6.07) is 8.47. The van der Waals surface area contributed by atoms with Gasteiger partial charge in [-0.05, 0) is 56.0 Å². The van der Waals surface area contributed by atoms with Crippen LogP contribution in [0.15, 0.2) is 39.7 Å². The second-order valence-corrected chi connectivity index (χ2v) is 8.47. The molecule has 146 valence electrons. The largest absolute Gasteiger partial charge is 0.348 e. The Morgan fingerprint density at radius 2 is 2.11 bits per heavy atom. The second-order valence-electron chi connectivity index (χ2n) is 7.56. The Labute approximate surface area is 172 Å². The monoisotopic (exact) mass is 441 g/mol. The lowest BCUT2D eigenvalue weighted by molar-refractivity contribution is 0.0952. The van der Waals surface area contributed by atoms with Crippen LogP contribution in [-0.2, 0) is 13.0 Å². The molecule has 0 aliphatic heterocycles. The summed E-state index contributed by atoms with van der Waals surface area (Å²) >= 11 is 3.54. The number of aromatic nitrogens is 2. The van der Waals surface area contributed by atoms with Crippen LogP contribution in [0.5, 0.6) is 0 Å². The number of fused-ring (bicyclic) bond motifs is 1. The molecule has 6 heteroatoms. The number of nitrogens with zero attached hydrogens (tertiary/aromatic N) is 1. The minimum absolute atomic E-state index is 0.122. The summed E-state index contributed by atoms with van der Waals surface area (Å²) < 4.78 is 3.13. The number of benzene rings is 1. The quantitative estimate of drug-likeness (QED) is 0.585. The van der Waals surface area contributed by atoms with Gasteiger partial charge in [0, 0.05) is 45.5 Å². The SMILES string of the molecule is CCCc1cc(C)[nH]c(=O)c1CNC(=O)c1cc(Br)cc2c1ccn2C1CC1. The molecule has 2 N–H and O–H groups in total. The first-order valence-electron chi connectivity index (χ1n) is 9.78. The van der Waals surface area contributed by atoms with Crippen LogP contribution in [-0.4, -0.2) is 15.5 Å². The van der Waals surface area contributed by atoms with Crippen LogP contribution >= 0.6 is 15.9 Å². The summed E-state index contributed by atoms with van der Waals surface area (Å²) in [5.74, 6) is -0.165. The molecule has 0 bridgehead atoms. The third kappa shape index (κ3) is 3.65. The van der Waals surface area contributed by atoms with Gasteiger partial charge < -0.3 is 14.9 Å². The normalized spacial score (nSPS) is 13.8. The molecular formula is C22H24BrN3O2. The van der Waals surface area contributed by atoms with E-state index in [4.69, 9.17) is 0 Å². The van der Waals surface area contributed by atoms with Crippen molar-refractivity contribution in [1.29, 1.82) is 0 Å². The van der Waals surface area contributed by atoms with Crippen LogP contribution in [0.2, 0.25) is 0 Å². The molecule has 0 unspecified atom stereocenters. The van der Waals surface area contributed by atoms with E-state index in [2.05, 4.69) is 50.0 Å². The van der Waals surface area contributed by atoms with Crippen molar-refractivity contribution < 1.29 is 4.79 Å². The Morgan fingerprint density at radius 1 is 1.32 bits per heavy atom. The summed E-state index contributed by atoms with van der Waals surface area (Å²) in [4.78, 5) is 28.2. The zero-order valence-corrected chi connectivity index (χ0v) is 17.7. The van der Waals surface area contributed by atoms with E-state index in [0.717, 1.165) is 39.5 Å². The van der Waals surface area contributed by atoms with Gasteiger partial charge in [-0.2, -0.15) is 0 Å². The van der Waals surface area contributed by atoms with Gasteiger partial charge in [0.05, 0.1) is 5.52 Å². The number of carbonyl (C=O) groups excluding carboxylic acids is 1. The number of rotatable bonds is 6. The zero-order chi connectivity index (χ0) is 19.8. The molecule has 2 aromatic heterocycles. The summed E-state index contributed by atoms with van der Waals surface area (Å²) in [6.07, 6.45) is 6.21. The van der Waals surface area contributed by atoms with Crippen molar-refractivity contribution >= 4 is 32.7 Å². The molecule has 1 aliphatic carbocycles. The predicted molar refractivity (Wildman–Crippen MR) is 115 cm³/mol. The van der Waals surface area contributed by atoms with Gasteiger partial charge in [0.25, 0.3) is 11.5 Å². The van der Waals surface area contributed by atoms with Gasteiger partial charge in [-0.25, -0.2) is 0 Å². The molecular weight excluding hydrogens is 418 g/mol. The standard InChI is InChI=1S/C22H24BrN3O2/c1-3-4-14-9-13(2)25-22(28)19(14)12-24-21(27)18-10-15(23)11-20-17(18)7-8-26(20)16-5-6-16/h7-11,16H,3-6,12H2,1-2H3,(H,24,27)(H,25,28). The highest BCUT2D eigenvalue weighted by atomic mass is 79.9. The number of aryl methyl sites for hydroxylation is 2. The number of hydrogen-bond donors (Lipinski definition) is 2. The van der Waals surface area contributed by atoms with Crippen LogP contribution in [0.4, 0.5) is 0 Å². The lowest BCUT2D eigenvalue weighted by atomic mass is 10.0. The fourth-order valence-corrected chi connectivity index (χ4v) is 4.27. The number of hydrogen-bond acceptors (Lipinski definition) is 2. The lowest BCUT2D eigenvalue weighted by Gasteiger charge is -2.12. The van der Waals surface area contributed by atoms with E-state index in [-0.39, 0.29) is 18.0 Å². The third-order valence-corrected chi connectivity index (χ3v) is 5.75. The number of H-pyrrole nitrogens is 1. The highest BCUT2D eigenvalue weighted by Crippen LogP contribution is 2.39. The fraction of sp³-hybridized carbons (Fsp3) is 0.364. The zero-order valence-electron chi connectivity index (χ0n) is 16.1. The predicted octanol–water partition coefficient (Wildman–Crippen LogP) is 4.62. The van der Waals surface area contributed by atoms with Gasteiger partial charge in [0.15, 0.2) is 0 Å². The summed E-state index contributed by atoms with van der Waals surface area (Å²) in [5.41, 5.74) is 4.07. The van der Waals surface area contributed by atoms with Crippen molar-refractivity contribution in [2.75, 3.05) is 0 Å². The topological polar surface area (TPSA) is 66.9 Å². The molecule has 0 radical (unpaired) electrons. The van der Waals surface area contributed by atoms with Gasteiger partial charge in [0.2, 0.25) is 0 Å². The average Bonchev–Trinajstić information content (AvgIpc) is 3.40. The summed E-state index contributed by atoms with van der Waals surface area (Å²) in [7, 11) is 0. The average molecular weight is 442 g/mol. The van der Waals surface area contributed by atoms with E-state index in [9.17, 15) is 9.59 Å². The highest BCUT2D eigenvalue weighted by Gasteiger charge is 2.25. The van der Waals surface area contributed by atoms with E-state index >= 15 is 0 Å². The molecule has 1 aromatic carbocycles. The van der Waals surface area contributed by atoms with E-state index in [1.54, 1.807) is 0 Å². The van der Waals surface area contributed by atoms with Gasteiger partial charge in [-0.3, -0.25) is 9.59 Å². The highest BCUT2D eigenvalue weighted by molar-refractivity contribution is 9.10. The molecule has 28 heavy (non-hydrogen) atoms. The first-order valence-corrected chi connectivity index (χ1v) is 10.6.